The molecule has 6 heteroatoms. The molecule has 0 saturated heterocycles. The predicted octanol–water partition coefficient (Wildman–Crippen LogP) is 5.02. The molecular weight excluding hydrogens is 315 g/mol. The minimum absolute atomic E-state index is 0.0911. The molecule has 122 valence electrons. The van der Waals surface area contributed by atoms with Gasteiger partial charge in [0.05, 0.1) is 5.56 Å². The van der Waals surface area contributed by atoms with E-state index in [1.807, 2.05) is 30.3 Å². The molecule has 0 bridgehead atoms. The molecule has 3 aromatic rings. The standard InChI is InChI=1S/C18H14F3N3/c1-11(2)12-3-5-13(6-4-12)17-15(9-22)24-10-14(18(19,20)21)7-8-16(24)23-17/h3-8,10-11H,1-2H3. The number of rotatable bonds is 2. The molecule has 0 atom stereocenters. The summed E-state index contributed by atoms with van der Waals surface area (Å²) in [6, 6.07) is 11.8. The molecule has 0 amide bonds. The Kier molecular flexibility index (Phi) is 3.80. The van der Waals surface area contributed by atoms with E-state index in [4.69, 9.17) is 0 Å². The predicted molar refractivity (Wildman–Crippen MR) is 84.4 cm³/mol. The second-order valence-electron chi connectivity index (χ2n) is 5.84. The number of hydrogen-bond donors (Lipinski definition) is 0. The third-order valence-corrected chi connectivity index (χ3v) is 3.90. The third-order valence-electron chi connectivity index (χ3n) is 3.90. The Balaban J connectivity index is 2.17. The lowest BCUT2D eigenvalue weighted by Crippen LogP contribution is -2.06. The molecule has 0 aliphatic rings. The topological polar surface area (TPSA) is 41.1 Å². The first-order valence-electron chi connectivity index (χ1n) is 7.41. The van der Waals surface area contributed by atoms with E-state index in [0.717, 1.165) is 17.8 Å². The molecule has 2 heterocycles. The fourth-order valence-electron chi connectivity index (χ4n) is 2.55. The maximum Gasteiger partial charge on any atom is 0.417 e. The summed E-state index contributed by atoms with van der Waals surface area (Å²) < 4.78 is 39.8. The minimum atomic E-state index is -4.47. The zero-order valence-corrected chi connectivity index (χ0v) is 13.1. The number of imidazole rings is 1. The molecule has 0 aliphatic carbocycles. The van der Waals surface area contributed by atoms with E-state index in [0.29, 0.717) is 22.8 Å². The van der Waals surface area contributed by atoms with Gasteiger partial charge in [0.2, 0.25) is 0 Å². The van der Waals surface area contributed by atoms with Crippen LogP contribution >= 0.6 is 0 Å². The lowest BCUT2D eigenvalue weighted by Gasteiger charge is -2.07. The van der Waals surface area contributed by atoms with Crippen molar-refractivity contribution in [1.29, 1.82) is 5.26 Å². The number of nitrogens with zero attached hydrogens (tertiary/aromatic N) is 3. The van der Waals surface area contributed by atoms with Gasteiger partial charge in [-0.25, -0.2) is 4.98 Å². The average molecular weight is 329 g/mol. The lowest BCUT2D eigenvalue weighted by molar-refractivity contribution is -0.137. The Morgan fingerprint density at radius 2 is 1.75 bits per heavy atom. The number of fused-ring (bicyclic) bond motifs is 1. The molecule has 0 radical (unpaired) electrons. The fourth-order valence-corrected chi connectivity index (χ4v) is 2.55. The van der Waals surface area contributed by atoms with Gasteiger partial charge in [-0.15, -0.1) is 0 Å². The van der Waals surface area contributed by atoms with Crippen molar-refractivity contribution in [2.24, 2.45) is 0 Å². The molecule has 2 aromatic heterocycles. The van der Waals surface area contributed by atoms with Crippen molar-refractivity contribution in [1.82, 2.24) is 9.38 Å². The summed E-state index contributed by atoms with van der Waals surface area (Å²) in [5.41, 5.74) is 1.81. The normalized spacial score (nSPS) is 11.9. The molecule has 0 saturated carbocycles. The van der Waals surface area contributed by atoms with Gasteiger partial charge < -0.3 is 0 Å². The summed E-state index contributed by atoms with van der Waals surface area (Å²) in [5, 5.41) is 9.41. The van der Waals surface area contributed by atoms with Crippen LogP contribution in [0.2, 0.25) is 0 Å². The van der Waals surface area contributed by atoms with Crippen molar-refractivity contribution in [2.75, 3.05) is 0 Å². The largest absolute Gasteiger partial charge is 0.417 e. The quantitative estimate of drug-likeness (QED) is 0.663. The number of benzene rings is 1. The van der Waals surface area contributed by atoms with Crippen LogP contribution in [0.4, 0.5) is 13.2 Å². The number of hydrogen-bond acceptors (Lipinski definition) is 2. The smallest absolute Gasteiger partial charge is 0.290 e. The Bertz CT molecular complexity index is 929. The second kappa shape index (κ2) is 5.68. The summed E-state index contributed by atoms with van der Waals surface area (Å²) in [7, 11) is 0. The van der Waals surface area contributed by atoms with E-state index in [1.165, 1.54) is 10.5 Å². The van der Waals surface area contributed by atoms with Crippen molar-refractivity contribution in [3.05, 3.63) is 59.4 Å². The lowest BCUT2D eigenvalue weighted by atomic mass is 10.0. The number of pyridine rings is 1. The van der Waals surface area contributed by atoms with Crippen LogP contribution in [0.1, 0.15) is 36.6 Å². The number of aromatic nitrogens is 2. The second-order valence-corrected chi connectivity index (χ2v) is 5.84. The highest BCUT2D eigenvalue weighted by Crippen LogP contribution is 2.31. The zero-order valence-electron chi connectivity index (χ0n) is 13.1. The van der Waals surface area contributed by atoms with Crippen LogP contribution in [0.5, 0.6) is 0 Å². The summed E-state index contributed by atoms with van der Waals surface area (Å²) in [4.78, 5) is 4.32. The molecule has 1 aromatic carbocycles. The molecule has 0 spiro atoms. The van der Waals surface area contributed by atoms with E-state index in [1.54, 1.807) is 0 Å². The molecule has 0 fully saturated rings. The van der Waals surface area contributed by atoms with Gasteiger partial charge in [-0.2, -0.15) is 18.4 Å². The van der Waals surface area contributed by atoms with Crippen LogP contribution in [0.25, 0.3) is 16.9 Å². The van der Waals surface area contributed by atoms with Crippen LogP contribution in [0, 0.1) is 11.3 Å². The van der Waals surface area contributed by atoms with E-state index >= 15 is 0 Å². The van der Waals surface area contributed by atoms with Crippen LogP contribution in [0.15, 0.2) is 42.6 Å². The minimum Gasteiger partial charge on any atom is -0.290 e. The monoisotopic (exact) mass is 329 g/mol. The first kappa shape index (κ1) is 16.1. The molecule has 24 heavy (non-hydrogen) atoms. The Labute approximate surface area is 137 Å². The van der Waals surface area contributed by atoms with Crippen molar-refractivity contribution < 1.29 is 13.2 Å². The van der Waals surface area contributed by atoms with Gasteiger partial charge >= 0.3 is 6.18 Å². The van der Waals surface area contributed by atoms with Crippen molar-refractivity contribution in [3.8, 4) is 17.3 Å². The van der Waals surface area contributed by atoms with Crippen molar-refractivity contribution in [3.63, 3.8) is 0 Å². The SMILES string of the molecule is CC(C)c1ccc(-c2nc3ccc(C(F)(F)F)cn3c2C#N)cc1. The molecular formula is C18H14F3N3. The highest BCUT2D eigenvalue weighted by Gasteiger charge is 2.31. The maximum atomic E-state index is 12.9. The number of alkyl halides is 3. The van der Waals surface area contributed by atoms with E-state index in [-0.39, 0.29) is 5.69 Å². The average Bonchev–Trinajstić information content (AvgIpc) is 2.91. The first-order valence-corrected chi connectivity index (χ1v) is 7.41. The molecule has 3 nitrogen and oxygen atoms in total. The first-order chi connectivity index (χ1) is 11.3. The summed E-state index contributed by atoms with van der Waals surface area (Å²) in [5.74, 6) is 0.366. The fraction of sp³-hybridized carbons (Fsp3) is 0.222. The van der Waals surface area contributed by atoms with Gasteiger partial charge in [0, 0.05) is 11.8 Å². The van der Waals surface area contributed by atoms with Gasteiger partial charge in [-0.3, -0.25) is 4.40 Å². The maximum absolute atomic E-state index is 12.9. The Morgan fingerprint density at radius 3 is 2.29 bits per heavy atom. The van der Waals surface area contributed by atoms with E-state index < -0.39 is 11.7 Å². The summed E-state index contributed by atoms with van der Waals surface area (Å²) in [6.07, 6.45) is -3.56. The van der Waals surface area contributed by atoms with Crippen molar-refractivity contribution >= 4 is 5.65 Å². The molecule has 0 N–H and O–H groups in total. The number of nitriles is 1. The Hall–Kier alpha value is -2.81. The van der Waals surface area contributed by atoms with Gasteiger partial charge in [0.1, 0.15) is 17.4 Å². The van der Waals surface area contributed by atoms with Gasteiger partial charge in [-0.05, 0) is 23.6 Å². The van der Waals surface area contributed by atoms with Crippen LogP contribution in [0.3, 0.4) is 0 Å². The third kappa shape index (κ3) is 2.73. The van der Waals surface area contributed by atoms with Crippen LogP contribution in [-0.4, -0.2) is 9.38 Å². The van der Waals surface area contributed by atoms with E-state index in [2.05, 4.69) is 18.8 Å². The van der Waals surface area contributed by atoms with Crippen molar-refractivity contribution in [2.45, 2.75) is 25.9 Å². The highest BCUT2D eigenvalue weighted by molar-refractivity contribution is 5.70. The molecule has 0 unspecified atom stereocenters. The molecule has 3 rings (SSSR count). The molecule has 0 aliphatic heterocycles. The van der Waals surface area contributed by atoms with Crippen LogP contribution < -0.4 is 0 Å². The van der Waals surface area contributed by atoms with Gasteiger partial charge in [0.15, 0.2) is 5.69 Å². The summed E-state index contributed by atoms with van der Waals surface area (Å²) >= 11 is 0. The van der Waals surface area contributed by atoms with Gasteiger partial charge in [0.25, 0.3) is 0 Å². The number of halogens is 3. The van der Waals surface area contributed by atoms with Gasteiger partial charge in [-0.1, -0.05) is 38.1 Å². The highest BCUT2D eigenvalue weighted by atomic mass is 19.4. The van der Waals surface area contributed by atoms with E-state index in [9.17, 15) is 18.4 Å². The zero-order chi connectivity index (χ0) is 17.5. The Morgan fingerprint density at radius 1 is 1.08 bits per heavy atom. The summed E-state index contributed by atoms with van der Waals surface area (Å²) in [6.45, 7) is 4.14. The van der Waals surface area contributed by atoms with Crippen LogP contribution in [-0.2, 0) is 6.18 Å².